The lowest BCUT2D eigenvalue weighted by atomic mass is 9.63. The lowest BCUT2D eigenvalue weighted by molar-refractivity contribution is -0.0195. The lowest BCUT2D eigenvalue weighted by Gasteiger charge is -2.46. The van der Waals surface area contributed by atoms with Crippen molar-refractivity contribution in [2.45, 2.75) is 111 Å². The van der Waals surface area contributed by atoms with E-state index in [4.69, 9.17) is 9.47 Å². The second-order valence-electron chi connectivity index (χ2n) is 10.1. The first-order valence-corrected chi connectivity index (χ1v) is 12.0. The minimum Gasteiger partial charge on any atom is -0.450 e. The minimum absolute atomic E-state index is 0.0464. The monoisotopic (exact) mass is 426 g/mol. The zero-order valence-corrected chi connectivity index (χ0v) is 20.1. The van der Waals surface area contributed by atoms with Crippen molar-refractivity contribution in [3.8, 4) is 0 Å². The SMILES string of the molecule is CCCCCCNC(=O)OC1CC(C)(C)CC(C)(CNC(=O)OCCCCCC)C1. The normalized spacial score (nSPS) is 22.9. The van der Waals surface area contributed by atoms with Crippen LogP contribution in [-0.2, 0) is 9.47 Å². The van der Waals surface area contributed by atoms with E-state index < -0.39 is 0 Å². The van der Waals surface area contributed by atoms with Gasteiger partial charge in [0.15, 0.2) is 0 Å². The first-order chi connectivity index (χ1) is 14.2. The molecule has 2 unspecified atom stereocenters. The highest BCUT2D eigenvalue weighted by atomic mass is 16.6. The highest BCUT2D eigenvalue weighted by Crippen LogP contribution is 2.46. The van der Waals surface area contributed by atoms with Crippen LogP contribution in [0.25, 0.3) is 0 Å². The Labute approximate surface area is 184 Å². The average Bonchev–Trinajstić information content (AvgIpc) is 2.64. The summed E-state index contributed by atoms with van der Waals surface area (Å²) in [5, 5.41) is 5.81. The van der Waals surface area contributed by atoms with Gasteiger partial charge in [-0.15, -0.1) is 0 Å². The second kappa shape index (κ2) is 13.8. The largest absolute Gasteiger partial charge is 0.450 e. The van der Waals surface area contributed by atoms with Gasteiger partial charge in [-0.25, -0.2) is 9.59 Å². The Kier molecular flexibility index (Phi) is 12.2. The molecule has 2 atom stereocenters. The zero-order valence-electron chi connectivity index (χ0n) is 20.1. The van der Waals surface area contributed by atoms with Crippen LogP contribution in [-0.4, -0.2) is 38.0 Å². The van der Waals surface area contributed by atoms with Gasteiger partial charge in [0.1, 0.15) is 6.10 Å². The molecule has 0 saturated heterocycles. The van der Waals surface area contributed by atoms with Crippen molar-refractivity contribution < 1.29 is 19.1 Å². The number of rotatable bonds is 13. The number of carbonyl (C=O) groups is 2. The van der Waals surface area contributed by atoms with Gasteiger partial charge in [-0.3, -0.25) is 0 Å². The summed E-state index contributed by atoms with van der Waals surface area (Å²) in [4.78, 5) is 24.2. The lowest BCUT2D eigenvalue weighted by Crippen LogP contribution is -2.47. The van der Waals surface area contributed by atoms with Crippen molar-refractivity contribution in [1.29, 1.82) is 0 Å². The smallest absolute Gasteiger partial charge is 0.407 e. The van der Waals surface area contributed by atoms with Crippen molar-refractivity contribution in [1.82, 2.24) is 10.6 Å². The molecule has 1 rings (SSSR count). The maximum atomic E-state index is 12.2. The van der Waals surface area contributed by atoms with E-state index in [1.807, 2.05) is 0 Å². The third kappa shape index (κ3) is 11.7. The summed E-state index contributed by atoms with van der Waals surface area (Å²) in [5.74, 6) is 0. The summed E-state index contributed by atoms with van der Waals surface area (Å²) in [7, 11) is 0. The van der Waals surface area contributed by atoms with Crippen LogP contribution >= 0.6 is 0 Å². The fourth-order valence-electron chi connectivity index (χ4n) is 4.72. The molecular weight excluding hydrogens is 380 g/mol. The molecule has 0 bridgehead atoms. The van der Waals surface area contributed by atoms with E-state index in [9.17, 15) is 9.59 Å². The van der Waals surface area contributed by atoms with E-state index in [0.717, 1.165) is 44.9 Å². The molecule has 0 aromatic rings. The molecule has 2 N–H and O–H groups in total. The third-order valence-electron chi connectivity index (χ3n) is 5.87. The van der Waals surface area contributed by atoms with E-state index in [2.05, 4.69) is 45.3 Å². The number of hydrogen-bond acceptors (Lipinski definition) is 4. The predicted molar refractivity (Wildman–Crippen MR) is 122 cm³/mol. The van der Waals surface area contributed by atoms with Crippen LogP contribution in [0.1, 0.15) is 105 Å². The van der Waals surface area contributed by atoms with Gasteiger partial charge in [-0.1, -0.05) is 73.1 Å². The van der Waals surface area contributed by atoms with Gasteiger partial charge in [-0.2, -0.15) is 0 Å². The van der Waals surface area contributed by atoms with Gasteiger partial charge >= 0.3 is 12.2 Å². The molecule has 1 fully saturated rings. The number of ether oxygens (including phenoxy) is 2. The minimum atomic E-state index is -0.349. The number of nitrogens with one attached hydrogen (secondary N) is 2. The first kappa shape index (κ1) is 26.6. The molecule has 0 aromatic heterocycles. The molecule has 0 aromatic carbocycles. The van der Waals surface area contributed by atoms with Crippen LogP contribution in [0.15, 0.2) is 0 Å². The second-order valence-corrected chi connectivity index (χ2v) is 10.1. The van der Waals surface area contributed by atoms with E-state index in [1.54, 1.807) is 0 Å². The van der Waals surface area contributed by atoms with E-state index in [0.29, 0.717) is 19.7 Å². The molecule has 1 aliphatic rings. The Balaban J connectivity index is 2.42. The summed E-state index contributed by atoms with van der Waals surface area (Å²) in [6, 6.07) is 0. The number of hydrogen-bond donors (Lipinski definition) is 2. The Morgan fingerprint density at radius 1 is 0.867 bits per heavy atom. The quantitative estimate of drug-likeness (QED) is 0.345. The number of amides is 2. The van der Waals surface area contributed by atoms with Crippen molar-refractivity contribution in [3.05, 3.63) is 0 Å². The molecule has 6 heteroatoms. The fraction of sp³-hybridized carbons (Fsp3) is 0.917. The van der Waals surface area contributed by atoms with Crippen molar-refractivity contribution in [2.75, 3.05) is 19.7 Å². The van der Waals surface area contributed by atoms with Crippen LogP contribution in [0.5, 0.6) is 0 Å². The van der Waals surface area contributed by atoms with Gasteiger partial charge in [0.2, 0.25) is 0 Å². The summed E-state index contributed by atoms with van der Waals surface area (Å²) in [6.07, 6.45) is 10.6. The summed E-state index contributed by atoms with van der Waals surface area (Å²) in [5.41, 5.74) is -0.0835. The Morgan fingerprint density at radius 2 is 1.53 bits per heavy atom. The van der Waals surface area contributed by atoms with Gasteiger partial charge < -0.3 is 20.1 Å². The Morgan fingerprint density at radius 3 is 2.20 bits per heavy atom. The molecule has 6 nitrogen and oxygen atoms in total. The molecule has 30 heavy (non-hydrogen) atoms. The number of alkyl carbamates (subject to hydrolysis) is 2. The number of unbranched alkanes of at least 4 members (excludes halogenated alkanes) is 6. The molecule has 1 saturated carbocycles. The van der Waals surface area contributed by atoms with Gasteiger partial charge in [0.05, 0.1) is 6.61 Å². The predicted octanol–water partition coefficient (Wildman–Crippen LogP) is 6.18. The standard InChI is InChI=1S/C24H46N2O4/c1-6-8-10-12-14-25-22(28)30-20-16-23(3,4)18-24(5,17-20)19-26-21(27)29-15-13-11-9-7-2/h20H,6-19H2,1-5H3,(H,25,28)(H,26,27). The van der Waals surface area contributed by atoms with Gasteiger partial charge in [-0.05, 0) is 42.9 Å². The summed E-state index contributed by atoms with van der Waals surface area (Å²) >= 11 is 0. The van der Waals surface area contributed by atoms with Crippen LogP contribution in [0, 0.1) is 10.8 Å². The highest BCUT2D eigenvalue weighted by molar-refractivity contribution is 5.67. The highest BCUT2D eigenvalue weighted by Gasteiger charge is 2.43. The fourth-order valence-corrected chi connectivity index (χ4v) is 4.72. The Bertz CT molecular complexity index is 509. The molecule has 0 spiro atoms. The molecule has 2 amide bonds. The summed E-state index contributed by atoms with van der Waals surface area (Å²) < 4.78 is 11.0. The molecule has 0 heterocycles. The average molecular weight is 427 g/mol. The van der Waals surface area contributed by atoms with Crippen molar-refractivity contribution in [2.24, 2.45) is 10.8 Å². The van der Waals surface area contributed by atoms with Crippen molar-refractivity contribution >= 4 is 12.2 Å². The third-order valence-corrected chi connectivity index (χ3v) is 5.87. The van der Waals surface area contributed by atoms with E-state index >= 15 is 0 Å². The van der Waals surface area contributed by atoms with E-state index in [1.165, 1.54) is 25.7 Å². The van der Waals surface area contributed by atoms with Crippen molar-refractivity contribution in [3.63, 3.8) is 0 Å². The maximum absolute atomic E-state index is 12.2. The Hall–Kier alpha value is -1.46. The van der Waals surface area contributed by atoms with E-state index in [-0.39, 0.29) is 29.1 Å². The molecule has 0 aliphatic heterocycles. The maximum Gasteiger partial charge on any atom is 0.407 e. The molecular formula is C24H46N2O4. The number of carbonyl (C=O) groups excluding carboxylic acids is 2. The van der Waals surface area contributed by atoms with Gasteiger partial charge in [0, 0.05) is 13.1 Å². The van der Waals surface area contributed by atoms with Crippen LogP contribution < -0.4 is 10.6 Å². The molecule has 0 radical (unpaired) electrons. The topological polar surface area (TPSA) is 76.7 Å². The van der Waals surface area contributed by atoms with Gasteiger partial charge in [0.25, 0.3) is 0 Å². The first-order valence-electron chi connectivity index (χ1n) is 12.0. The van der Waals surface area contributed by atoms with Crippen LogP contribution in [0.2, 0.25) is 0 Å². The molecule has 176 valence electrons. The molecule has 1 aliphatic carbocycles. The summed E-state index contributed by atoms with van der Waals surface area (Å²) in [6.45, 7) is 12.6. The zero-order chi connectivity index (χ0) is 22.5. The van der Waals surface area contributed by atoms with Crippen LogP contribution in [0.4, 0.5) is 9.59 Å². The van der Waals surface area contributed by atoms with Crippen LogP contribution in [0.3, 0.4) is 0 Å².